The molecule has 0 bridgehead atoms. The molecule has 1 aromatic carbocycles. The molecular formula is C20H20N3OS2+. The summed E-state index contributed by atoms with van der Waals surface area (Å²) in [5.41, 5.74) is 2.21. The van der Waals surface area contributed by atoms with E-state index in [1.54, 1.807) is 11.3 Å². The first kappa shape index (κ1) is 17.1. The van der Waals surface area contributed by atoms with Gasteiger partial charge in [-0.1, -0.05) is 30.3 Å². The predicted octanol–water partition coefficient (Wildman–Crippen LogP) is 3.85. The van der Waals surface area contributed by atoms with Crippen LogP contribution in [0.3, 0.4) is 0 Å². The van der Waals surface area contributed by atoms with Gasteiger partial charge in [-0.05, 0) is 26.0 Å². The molecule has 0 amide bonds. The lowest BCUT2D eigenvalue weighted by atomic mass is 10.1. The number of benzene rings is 1. The monoisotopic (exact) mass is 382 g/mol. The van der Waals surface area contributed by atoms with E-state index in [0.29, 0.717) is 18.0 Å². The molecular weight excluding hydrogens is 362 g/mol. The fourth-order valence-electron chi connectivity index (χ4n) is 3.03. The normalized spacial score (nSPS) is 12.5. The Balaban J connectivity index is 1.59. The summed E-state index contributed by atoms with van der Waals surface area (Å²) in [7, 11) is 0. The lowest BCUT2D eigenvalue weighted by molar-refractivity contribution is -0.708. The van der Waals surface area contributed by atoms with Crippen molar-refractivity contribution in [3.05, 3.63) is 74.5 Å². The van der Waals surface area contributed by atoms with Crippen LogP contribution in [0.4, 0.5) is 0 Å². The zero-order chi connectivity index (χ0) is 18.1. The van der Waals surface area contributed by atoms with Gasteiger partial charge in [0.15, 0.2) is 5.82 Å². The Morgan fingerprint density at radius 3 is 2.73 bits per heavy atom. The molecule has 4 nitrogen and oxygen atoms in total. The second kappa shape index (κ2) is 7.15. The maximum absolute atomic E-state index is 12.7. The van der Waals surface area contributed by atoms with Crippen molar-refractivity contribution >= 4 is 32.9 Å². The second-order valence-electron chi connectivity index (χ2n) is 6.39. The number of quaternary nitrogens is 1. The first-order chi connectivity index (χ1) is 12.6. The highest BCUT2D eigenvalue weighted by Crippen LogP contribution is 2.34. The van der Waals surface area contributed by atoms with Crippen LogP contribution in [0, 0.1) is 6.92 Å². The molecule has 132 valence electrons. The van der Waals surface area contributed by atoms with E-state index in [1.807, 2.05) is 23.6 Å². The van der Waals surface area contributed by atoms with Crippen molar-refractivity contribution in [2.45, 2.75) is 26.4 Å². The molecule has 3 aromatic heterocycles. The molecule has 0 unspecified atom stereocenters. The van der Waals surface area contributed by atoms with Gasteiger partial charge in [0, 0.05) is 26.3 Å². The number of hydrogen-bond acceptors (Lipinski definition) is 4. The average Bonchev–Trinajstić information content (AvgIpc) is 3.26. The van der Waals surface area contributed by atoms with Gasteiger partial charge in [0.25, 0.3) is 5.56 Å². The molecule has 1 atom stereocenters. The van der Waals surface area contributed by atoms with Crippen molar-refractivity contribution in [3.63, 3.8) is 0 Å². The number of nitrogens with one attached hydrogen (secondary N) is 1. The molecule has 0 radical (unpaired) electrons. The summed E-state index contributed by atoms with van der Waals surface area (Å²) in [5, 5.41) is 4.94. The second-order valence-corrected chi connectivity index (χ2v) is 8.54. The third kappa shape index (κ3) is 3.35. The molecule has 0 spiro atoms. The third-order valence-corrected chi connectivity index (χ3v) is 6.40. The standard InChI is InChI=1S/C20H19N3OS2/c1-12-8-9-16(26-12)15-11-25-20-18(15)19(24)22-17(23-20)10-21-13(2)14-6-4-3-5-7-14/h3-9,11,13,21H,10H2,1-2H3,(H,22,23,24)/p+1/t13-/m0/s1. The minimum Gasteiger partial charge on any atom is -0.334 e. The smallest absolute Gasteiger partial charge is 0.260 e. The van der Waals surface area contributed by atoms with Gasteiger partial charge in [-0.2, -0.15) is 0 Å². The van der Waals surface area contributed by atoms with Crippen LogP contribution >= 0.6 is 22.7 Å². The van der Waals surface area contributed by atoms with E-state index in [9.17, 15) is 4.79 Å². The highest BCUT2D eigenvalue weighted by atomic mass is 32.1. The van der Waals surface area contributed by atoms with Crippen LogP contribution in [0.15, 0.2) is 52.6 Å². The van der Waals surface area contributed by atoms with Gasteiger partial charge in [-0.25, -0.2) is 4.98 Å². The minimum absolute atomic E-state index is 0.0481. The first-order valence-electron chi connectivity index (χ1n) is 8.57. The number of thiophene rings is 2. The molecule has 6 heteroatoms. The molecule has 4 rings (SSSR count). The highest BCUT2D eigenvalue weighted by molar-refractivity contribution is 7.19. The van der Waals surface area contributed by atoms with Crippen molar-refractivity contribution in [3.8, 4) is 10.4 Å². The molecule has 3 heterocycles. The Kier molecular flexibility index (Phi) is 4.72. The topological polar surface area (TPSA) is 62.4 Å². The van der Waals surface area contributed by atoms with Gasteiger partial charge in [0.1, 0.15) is 17.4 Å². The van der Waals surface area contributed by atoms with Gasteiger partial charge < -0.3 is 10.3 Å². The summed E-state index contributed by atoms with van der Waals surface area (Å²) < 4.78 is 0. The van der Waals surface area contributed by atoms with Crippen LogP contribution in [-0.4, -0.2) is 9.97 Å². The fraction of sp³-hybridized carbons (Fsp3) is 0.200. The fourth-order valence-corrected chi connectivity index (χ4v) is 4.95. The number of fused-ring (bicyclic) bond motifs is 1. The summed E-state index contributed by atoms with van der Waals surface area (Å²) in [6.45, 7) is 4.88. The van der Waals surface area contributed by atoms with Crippen LogP contribution < -0.4 is 10.9 Å². The predicted molar refractivity (Wildman–Crippen MR) is 109 cm³/mol. The number of aromatic amines is 1. The number of aromatic nitrogens is 2. The van der Waals surface area contributed by atoms with E-state index in [-0.39, 0.29) is 5.56 Å². The maximum Gasteiger partial charge on any atom is 0.260 e. The summed E-state index contributed by atoms with van der Waals surface area (Å²) in [6, 6.07) is 14.8. The Hall–Kier alpha value is -2.28. The zero-order valence-corrected chi connectivity index (χ0v) is 16.3. The molecule has 3 N–H and O–H groups in total. The summed E-state index contributed by atoms with van der Waals surface area (Å²) >= 11 is 3.24. The SMILES string of the molecule is Cc1ccc(-c2csc3nc(C[NH2+][C@@H](C)c4ccccc4)[nH]c(=O)c23)s1. The van der Waals surface area contributed by atoms with E-state index in [4.69, 9.17) is 4.98 Å². The molecule has 4 aromatic rings. The Labute approximate surface area is 159 Å². The highest BCUT2D eigenvalue weighted by Gasteiger charge is 2.15. The van der Waals surface area contributed by atoms with Gasteiger partial charge in [0.2, 0.25) is 0 Å². The lowest BCUT2D eigenvalue weighted by Gasteiger charge is -2.10. The largest absolute Gasteiger partial charge is 0.334 e. The summed E-state index contributed by atoms with van der Waals surface area (Å²) in [4.78, 5) is 23.5. The number of H-pyrrole nitrogens is 1. The van der Waals surface area contributed by atoms with Crippen LogP contribution in [-0.2, 0) is 6.54 Å². The average molecular weight is 383 g/mol. The van der Waals surface area contributed by atoms with Gasteiger partial charge in [-0.15, -0.1) is 22.7 Å². The van der Waals surface area contributed by atoms with Crippen LogP contribution in [0.25, 0.3) is 20.7 Å². The molecule has 0 aliphatic carbocycles. The quantitative estimate of drug-likeness (QED) is 0.551. The van der Waals surface area contributed by atoms with Crippen LogP contribution in [0.5, 0.6) is 0 Å². The van der Waals surface area contributed by atoms with Crippen molar-refractivity contribution in [1.82, 2.24) is 9.97 Å². The molecule has 0 aliphatic rings. The number of hydrogen-bond donors (Lipinski definition) is 2. The maximum atomic E-state index is 12.7. The summed E-state index contributed by atoms with van der Waals surface area (Å²) in [5.74, 6) is 0.723. The Bertz CT molecular complexity index is 1100. The first-order valence-corrected chi connectivity index (χ1v) is 10.3. The molecule has 0 aliphatic heterocycles. The van der Waals surface area contributed by atoms with Crippen LogP contribution in [0.1, 0.15) is 29.2 Å². The Morgan fingerprint density at radius 1 is 1.19 bits per heavy atom. The number of rotatable bonds is 5. The van der Waals surface area contributed by atoms with Crippen molar-refractivity contribution in [2.75, 3.05) is 0 Å². The van der Waals surface area contributed by atoms with Crippen molar-refractivity contribution in [2.24, 2.45) is 0 Å². The van der Waals surface area contributed by atoms with Crippen molar-refractivity contribution < 1.29 is 5.32 Å². The Morgan fingerprint density at radius 2 is 2.00 bits per heavy atom. The van der Waals surface area contributed by atoms with E-state index in [1.165, 1.54) is 21.8 Å². The van der Waals surface area contributed by atoms with E-state index in [0.717, 1.165) is 21.1 Å². The molecule has 0 saturated carbocycles. The van der Waals surface area contributed by atoms with Gasteiger partial charge in [0.05, 0.1) is 5.39 Å². The van der Waals surface area contributed by atoms with Gasteiger partial charge in [-0.3, -0.25) is 4.79 Å². The lowest BCUT2D eigenvalue weighted by Crippen LogP contribution is -2.83. The third-order valence-electron chi connectivity index (χ3n) is 4.49. The minimum atomic E-state index is -0.0481. The molecule has 0 fully saturated rings. The number of nitrogens with two attached hydrogens (primary N) is 1. The van der Waals surface area contributed by atoms with Gasteiger partial charge >= 0.3 is 0 Å². The number of aryl methyl sites for hydroxylation is 1. The molecule has 0 saturated heterocycles. The van der Waals surface area contributed by atoms with E-state index in [2.05, 4.69) is 48.4 Å². The van der Waals surface area contributed by atoms with Crippen LogP contribution in [0.2, 0.25) is 0 Å². The summed E-state index contributed by atoms with van der Waals surface area (Å²) in [6.07, 6.45) is 0. The number of nitrogens with zero attached hydrogens (tertiary/aromatic N) is 1. The molecule has 26 heavy (non-hydrogen) atoms. The van der Waals surface area contributed by atoms with E-state index < -0.39 is 0 Å². The zero-order valence-electron chi connectivity index (χ0n) is 14.7. The van der Waals surface area contributed by atoms with E-state index >= 15 is 0 Å². The van der Waals surface area contributed by atoms with Crippen molar-refractivity contribution in [1.29, 1.82) is 0 Å².